The van der Waals surface area contributed by atoms with Gasteiger partial charge in [0.15, 0.2) is 0 Å². The van der Waals surface area contributed by atoms with Crippen LogP contribution in [0, 0.1) is 0 Å². The third-order valence-electron chi connectivity index (χ3n) is 2.72. The van der Waals surface area contributed by atoms with Crippen LogP contribution in [-0.2, 0) is 4.79 Å². The Balaban J connectivity index is 2.39. The van der Waals surface area contributed by atoms with E-state index in [1.54, 1.807) is 6.08 Å². The number of carboxylic acids is 1. The van der Waals surface area contributed by atoms with Crippen LogP contribution in [-0.4, -0.2) is 35.1 Å². The number of piperidine rings is 1. The van der Waals surface area contributed by atoms with Gasteiger partial charge >= 0.3 is 5.97 Å². The van der Waals surface area contributed by atoms with Gasteiger partial charge in [-0.15, -0.1) is 0 Å². The van der Waals surface area contributed by atoms with E-state index in [1.807, 2.05) is 0 Å². The molecule has 14 heavy (non-hydrogen) atoms. The third-order valence-corrected chi connectivity index (χ3v) is 2.72. The predicted octanol–water partition coefficient (Wildman–Crippen LogP) is 1.89. The molecule has 3 heteroatoms. The highest BCUT2D eigenvalue weighted by Crippen LogP contribution is 2.17. The van der Waals surface area contributed by atoms with E-state index in [9.17, 15) is 4.79 Å². The van der Waals surface area contributed by atoms with Crippen LogP contribution in [0.5, 0.6) is 0 Å². The molecule has 80 valence electrons. The highest BCUT2D eigenvalue weighted by Gasteiger charge is 2.17. The summed E-state index contributed by atoms with van der Waals surface area (Å²) in [7, 11) is 0. The van der Waals surface area contributed by atoms with Gasteiger partial charge in [-0.3, -0.25) is 9.69 Å². The molecule has 0 aromatic rings. The van der Waals surface area contributed by atoms with Crippen molar-refractivity contribution in [3.05, 3.63) is 12.2 Å². The predicted molar refractivity (Wildman–Crippen MR) is 56.3 cm³/mol. The zero-order valence-electron chi connectivity index (χ0n) is 8.78. The Bertz CT molecular complexity index is 213. The molecule has 1 aliphatic heterocycles. The number of likely N-dealkylation sites (N-methyl/N-ethyl adjacent to an activating group) is 1. The highest BCUT2D eigenvalue weighted by atomic mass is 16.4. The lowest BCUT2D eigenvalue weighted by molar-refractivity contribution is -0.136. The van der Waals surface area contributed by atoms with E-state index in [1.165, 1.54) is 19.3 Å². The zero-order valence-corrected chi connectivity index (χ0v) is 8.78. The molecule has 1 rings (SSSR count). The van der Waals surface area contributed by atoms with Gasteiger partial charge in [-0.1, -0.05) is 25.5 Å². The maximum absolute atomic E-state index is 10.3. The lowest BCUT2D eigenvalue weighted by Crippen LogP contribution is -2.37. The van der Waals surface area contributed by atoms with Crippen molar-refractivity contribution in [3.63, 3.8) is 0 Å². The first-order chi connectivity index (χ1) is 6.74. The van der Waals surface area contributed by atoms with E-state index < -0.39 is 5.97 Å². The Morgan fingerprint density at radius 3 is 3.00 bits per heavy atom. The van der Waals surface area contributed by atoms with Crippen LogP contribution in [0.1, 0.15) is 32.6 Å². The molecule has 0 radical (unpaired) electrons. The van der Waals surface area contributed by atoms with Crippen molar-refractivity contribution < 1.29 is 9.90 Å². The minimum absolute atomic E-state index is 0.147. The topological polar surface area (TPSA) is 40.5 Å². The standard InChI is InChI=1S/C11H19NO2/c1-2-12-9-4-3-6-10(12)7-5-8-11(13)14/h5,7,10H,2-4,6,8-9H2,1H3,(H,13,14)/b7-5-. The average Bonchev–Trinajstić information content (AvgIpc) is 2.18. The Kier molecular flexibility index (Phi) is 4.66. The number of likely N-dealkylation sites (tertiary alicyclic amines) is 1. The lowest BCUT2D eigenvalue weighted by atomic mass is 10.0. The summed E-state index contributed by atoms with van der Waals surface area (Å²) in [6, 6.07) is 0.466. The maximum atomic E-state index is 10.3. The fraction of sp³-hybridized carbons (Fsp3) is 0.727. The number of nitrogens with zero attached hydrogens (tertiary/aromatic N) is 1. The Hall–Kier alpha value is -0.830. The van der Waals surface area contributed by atoms with Crippen molar-refractivity contribution in [2.45, 2.75) is 38.6 Å². The van der Waals surface area contributed by atoms with Crippen molar-refractivity contribution in [2.24, 2.45) is 0 Å². The van der Waals surface area contributed by atoms with E-state index >= 15 is 0 Å². The van der Waals surface area contributed by atoms with Gasteiger partial charge in [-0.2, -0.15) is 0 Å². The molecule has 0 aliphatic carbocycles. The first-order valence-electron chi connectivity index (χ1n) is 5.36. The van der Waals surface area contributed by atoms with Gasteiger partial charge in [-0.25, -0.2) is 0 Å². The molecule has 0 spiro atoms. The molecule has 0 bridgehead atoms. The second-order valence-corrected chi connectivity index (χ2v) is 3.72. The van der Waals surface area contributed by atoms with Gasteiger partial charge in [0.05, 0.1) is 6.42 Å². The molecule has 0 aromatic heterocycles. The van der Waals surface area contributed by atoms with E-state index in [-0.39, 0.29) is 6.42 Å². The molecule has 1 atom stereocenters. The summed E-state index contributed by atoms with van der Waals surface area (Å²) >= 11 is 0. The van der Waals surface area contributed by atoms with Crippen LogP contribution in [0.4, 0.5) is 0 Å². The van der Waals surface area contributed by atoms with Crippen LogP contribution in [0.15, 0.2) is 12.2 Å². The molecule has 1 heterocycles. The molecule has 1 fully saturated rings. The fourth-order valence-electron chi connectivity index (χ4n) is 1.95. The largest absolute Gasteiger partial charge is 0.481 e. The lowest BCUT2D eigenvalue weighted by Gasteiger charge is -2.32. The second kappa shape index (κ2) is 5.81. The van der Waals surface area contributed by atoms with E-state index in [0.717, 1.165) is 13.1 Å². The fourth-order valence-corrected chi connectivity index (χ4v) is 1.95. The van der Waals surface area contributed by atoms with Gasteiger partial charge in [0, 0.05) is 6.04 Å². The summed E-state index contributed by atoms with van der Waals surface area (Å²) in [6.07, 6.45) is 7.69. The van der Waals surface area contributed by atoms with E-state index in [4.69, 9.17) is 5.11 Å². The number of carboxylic acid groups (broad SMARTS) is 1. The molecule has 1 unspecified atom stereocenters. The molecule has 1 saturated heterocycles. The zero-order chi connectivity index (χ0) is 10.4. The van der Waals surface area contributed by atoms with Crippen LogP contribution < -0.4 is 0 Å². The number of hydrogen-bond donors (Lipinski definition) is 1. The van der Waals surface area contributed by atoms with Crippen LogP contribution in [0.2, 0.25) is 0 Å². The van der Waals surface area contributed by atoms with Gasteiger partial charge in [0.25, 0.3) is 0 Å². The summed E-state index contributed by atoms with van der Waals surface area (Å²) in [4.78, 5) is 12.7. The SMILES string of the molecule is CCN1CCCCC1/C=C\CC(=O)O. The van der Waals surface area contributed by atoms with Gasteiger partial charge in [-0.05, 0) is 25.9 Å². The summed E-state index contributed by atoms with van der Waals surface area (Å²) in [5, 5.41) is 8.50. The van der Waals surface area contributed by atoms with Gasteiger partial charge in [0.2, 0.25) is 0 Å². The average molecular weight is 197 g/mol. The highest BCUT2D eigenvalue weighted by molar-refractivity contribution is 5.68. The number of rotatable bonds is 4. The van der Waals surface area contributed by atoms with Crippen molar-refractivity contribution in [3.8, 4) is 0 Å². The molecule has 0 aromatic carbocycles. The molecule has 1 aliphatic rings. The minimum Gasteiger partial charge on any atom is -0.481 e. The van der Waals surface area contributed by atoms with E-state index in [2.05, 4.69) is 17.9 Å². The van der Waals surface area contributed by atoms with Crippen molar-refractivity contribution >= 4 is 5.97 Å². The molecule has 3 nitrogen and oxygen atoms in total. The second-order valence-electron chi connectivity index (χ2n) is 3.72. The van der Waals surface area contributed by atoms with E-state index in [0.29, 0.717) is 6.04 Å². The molecular weight excluding hydrogens is 178 g/mol. The van der Waals surface area contributed by atoms with Crippen LogP contribution in [0.25, 0.3) is 0 Å². The minimum atomic E-state index is -0.750. The van der Waals surface area contributed by atoms with Gasteiger partial charge in [0.1, 0.15) is 0 Å². The Morgan fingerprint density at radius 2 is 2.36 bits per heavy atom. The summed E-state index contributed by atoms with van der Waals surface area (Å²) in [5.74, 6) is -0.750. The number of carbonyl (C=O) groups is 1. The van der Waals surface area contributed by atoms with Gasteiger partial charge < -0.3 is 5.11 Å². The Morgan fingerprint density at radius 1 is 1.57 bits per heavy atom. The smallest absolute Gasteiger partial charge is 0.307 e. The monoisotopic (exact) mass is 197 g/mol. The number of hydrogen-bond acceptors (Lipinski definition) is 2. The third kappa shape index (κ3) is 3.50. The molecular formula is C11H19NO2. The molecule has 0 saturated carbocycles. The normalized spacial score (nSPS) is 24.2. The van der Waals surface area contributed by atoms with Crippen LogP contribution >= 0.6 is 0 Å². The maximum Gasteiger partial charge on any atom is 0.307 e. The summed E-state index contributed by atoms with van der Waals surface area (Å²) < 4.78 is 0. The number of aliphatic carboxylic acids is 1. The van der Waals surface area contributed by atoms with Crippen molar-refractivity contribution in [1.29, 1.82) is 0 Å². The van der Waals surface area contributed by atoms with Crippen molar-refractivity contribution in [2.75, 3.05) is 13.1 Å². The Labute approximate surface area is 85.4 Å². The molecule has 0 amide bonds. The molecule has 1 N–H and O–H groups in total. The first kappa shape index (κ1) is 11.2. The summed E-state index contributed by atoms with van der Waals surface area (Å²) in [6.45, 7) is 4.37. The quantitative estimate of drug-likeness (QED) is 0.700. The van der Waals surface area contributed by atoms with Crippen LogP contribution in [0.3, 0.4) is 0 Å². The van der Waals surface area contributed by atoms with Crippen molar-refractivity contribution in [1.82, 2.24) is 4.90 Å². The summed E-state index contributed by atoms with van der Waals surface area (Å²) in [5.41, 5.74) is 0. The first-order valence-corrected chi connectivity index (χ1v) is 5.36.